The van der Waals surface area contributed by atoms with Crippen molar-refractivity contribution in [3.05, 3.63) is 26.9 Å². The Morgan fingerprint density at radius 1 is 1.48 bits per heavy atom. The summed E-state index contributed by atoms with van der Waals surface area (Å²) < 4.78 is 6.46. The molecule has 0 bridgehead atoms. The average Bonchev–Trinajstić information content (AvgIpc) is 2.69. The molecule has 10 heteroatoms. The van der Waals surface area contributed by atoms with Crippen molar-refractivity contribution in [1.29, 1.82) is 0 Å². The molecular formula is C11H15N3O6S. The van der Waals surface area contributed by atoms with Crippen molar-refractivity contribution in [3.63, 3.8) is 0 Å². The number of aromatic nitrogens is 2. The van der Waals surface area contributed by atoms with Crippen molar-refractivity contribution in [2.45, 2.75) is 31.0 Å². The number of aromatic amines is 1. The highest BCUT2D eigenvalue weighted by atomic mass is 32.1. The molecule has 1 aliphatic rings. The summed E-state index contributed by atoms with van der Waals surface area (Å²) in [5.74, 6) is -0.703. The van der Waals surface area contributed by atoms with Gasteiger partial charge in [-0.1, -0.05) is 0 Å². The molecule has 1 fully saturated rings. The number of ether oxygens (including phenoxy) is 1. The first-order valence-electron chi connectivity index (χ1n) is 6.10. The number of carbonyl (C=O) groups is 1. The number of nitrogens with one attached hydrogen (secondary N) is 1. The predicted octanol–water partition coefficient (Wildman–Crippen LogP) is -2.45. The van der Waals surface area contributed by atoms with E-state index in [0.29, 0.717) is 0 Å². The third kappa shape index (κ3) is 3.04. The molecule has 1 saturated heterocycles. The number of primary amides is 1. The minimum atomic E-state index is -1.35. The molecule has 2 rings (SSSR count). The Hall–Kier alpha value is -1.59. The van der Waals surface area contributed by atoms with Gasteiger partial charge in [0.15, 0.2) is 11.0 Å². The second kappa shape index (κ2) is 6.03. The third-order valence-corrected chi connectivity index (χ3v) is 3.51. The first-order valence-corrected chi connectivity index (χ1v) is 6.51. The quantitative estimate of drug-likeness (QED) is 0.386. The highest BCUT2D eigenvalue weighted by Crippen LogP contribution is 2.29. The Balaban J connectivity index is 2.42. The molecule has 6 N–H and O–H groups in total. The van der Waals surface area contributed by atoms with Gasteiger partial charge in [0.25, 0.3) is 5.56 Å². The molecule has 9 nitrogen and oxygen atoms in total. The zero-order chi connectivity index (χ0) is 15.7. The summed E-state index contributed by atoms with van der Waals surface area (Å²) in [5, 5.41) is 28.7. The number of hydrogen-bond acceptors (Lipinski definition) is 7. The van der Waals surface area contributed by atoms with Gasteiger partial charge in [-0.3, -0.25) is 19.1 Å². The lowest BCUT2D eigenvalue weighted by Crippen LogP contribution is -2.33. The lowest BCUT2D eigenvalue weighted by atomic mass is 10.1. The van der Waals surface area contributed by atoms with Crippen LogP contribution in [0.25, 0.3) is 0 Å². The zero-order valence-electron chi connectivity index (χ0n) is 10.8. The van der Waals surface area contributed by atoms with E-state index in [1.165, 1.54) is 10.8 Å². The normalized spacial score (nSPS) is 28.7. The van der Waals surface area contributed by atoms with Crippen molar-refractivity contribution in [2.24, 2.45) is 5.73 Å². The topological polar surface area (TPSA) is 151 Å². The molecule has 0 aliphatic carbocycles. The van der Waals surface area contributed by atoms with E-state index in [-0.39, 0.29) is 16.8 Å². The van der Waals surface area contributed by atoms with Crippen LogP contribution in [-0.4, -0.2) is 55.7 Å². The first kappa shape index (κ1) is 15.8. The molecular weight excluding hydrogens is 302 g/mol. The van der Waals surface area contributed by atoms with Crippen LogP contribution in [0.1, 0.15) is 11.8 Å². The average molecular weight is 317 g/mol. The van der Waals surface area contributed by atoms with Crippen LogP contribution in [0, 0.1) is 4.77 Å². The highest BCUT2D eigenvalue weighted by Gasteiger charge is 2.43. The fourth-order valence-electron chi connectivity index (χ4n) is 2.14. The minimum Gasteiger partial charge on any atom is -0.394 e. The molecule has 0 saturated carbocycles. The van der Waals surface area contributed by atoms with E-state index in [1.807, 2.05) is 0 Å². The van der Waals surface area contributed by atoms with E-state index in [0.717, 1.165) is 0 Å². The maximum atomic E-state index is 11.7. The zero-order valence-corrected chi connectivity index (χ0v) is 11.6. The minimum absolute atomic E-state index is 0.0499. The van der Waals surface area contributed by atoms with Gasteiger partial charge in [0.1, 0.15) is 18.3 Å². The maximum Gasteiger partial charge on any atom is 0.255 e. The Kier molecular flexibility index (Phi) is 4.54. The van der Waals surface area contributed by atoms with Crippen LogP contribution >= 0.6 is 12.2 Å². The number of rotatable bonds is 4. The van der Waals surface area contributed by atoms with Crippen LogP contribution in [0.4, 0.5) is 0 Å². The molecule has 21 heavy (non-hydrogen) atoms. The Labute approximate surface area is 123 Å². The summed E-state index contributed by atoms with van der Waals surface area (Å²) in [5.41, 5.74) is 4.53. The summed E-state index contributed by atoms with van der Waals surface area (Å²) in [7, 11) is 0. The second-order valence-electron chi connectivity index (χ2n) is 4.69. The molecule has 1 amide bonds. The SMILES string of the molecule is NC(=O)Cc1cn([C@@H]2O[C@H](CO)[C@H](O)C2O)c(=S)[nH]c1=O. The number of nitrogens with zero attached hydrogens (tertiary/aromatic N) is 1. The van der Waals surface area contributed by atoms with Crippen LogP contribution in [0.15, 0.2) is 11.0 Å². The van der Waals surface area contributed by atoms with E-state index in [4.69, 9.17) is 27.8 Å². The number of amides is 1. The van der Waals surface area contributed by atoms with E-state index >= 15 is 0 Å². The number of aliphatic hydroxyl groups is 3. The molecule has 0 radical (unpaired) electrons. The number of hydrogen-bond donors (Lipinski definition) is 5. The van der Waals surface area contributed by atoms with E-state index in [2.05, 4.69) is 4.98 Å². The number of H-pyrrole nitrogens is 1. The molecule has 1 aromatic heterocycles. The second-order valence-corrected chi connectivity index (χ2v) is 5.08. The lowest BCUT2D eigenvalue weighted by molar-refractivity contribution is -0.117. The van der Waals surface area contributed by atoms with Gasteiger partial charge < -0.3 is 25.8 Å². The van der Waals surface area contributed by atoms with Gasteiger partial charge in [-0.25, -0.2) is 0 Å². The molecule has 0 spiro atoms. The smallest absolute Gasteiger partial charge is 0.255 e. The van der Waals surface area contributed by atoms with Crippen LogP contribution in [0.2, 0.25) is 0 Å². The summed E-state index contributed by atoms with van der Waals surface area (Å²) in [6.45, 7) is -0.487. The number of nitrogens with two attached hydrogens (primary N) is 1. The highest BCUT2D eigenvalue weighted by molar-refractivity contribution is 7.71. The third-order valence-electron chi connectivity index (χ3n) is 3.20. The number of carbonyl (C=O) groups excluding carboxylic acids is 1. The Morgan fingerprint density at radius 3 is 2.67 bits per heavy atom. The molecule has 1 unspecified atom stereocenters. The van der Waals surface area contributed by atoms with E-state index in [1.54, 1.807) is 0 Å². The monoisotopic (exact) mass is 317 g/mol. The summed E-state index contributed by atoms with van der Waals surface area (Å²) >= 11 is 4.97. The van der Waals surface area contributed by atoms with E-state index < -0.39 is 42.6 Å². The molecule has 4 atom stereocenters. The summed E-state index contributed by atoms with van der Waals surface area (Å²) in [4.78, 5) is 24.9. The molecule has 1 aliphatic heterocycles. The Morgan fingerprint density at radius 2 is 2.14 bits per heavy atom. The first-order chi connectivity index (χ1) is 9.85. The molecule has 0 aromatic carbocycles. The van der Waals surface area contributed by atoms with Crippen LogP contribution in [0.3, 0.4) is 0 Å². The van der Waals surface area contributed by atoms with Crippen molar-refractivity contribution in [2.75, 3.05) is 6.61 Å². The van der Waals surface area contributed by atoms with Crippen molar-refractivity contribution >= 4 is 18.1 Å². The predicted molar refractivity (Wildman–Crippen MR) is 71.8 cm³/mol. The maximum absolute atomic E-state index is 11.7. The fraction of sp³-hybridized carbons (Fsp3) is 0.545. The standard InChI is InChI=1S/C11H15N3O6S/c12-6(16)1-4-2-14(11(21)13-9(4)19)10-8(18)7(17)5(3-15)20-10/h2,5,7-8,10,15,17-18H,1,3H2,(H2,12,16)(H,13,19,21)/t5-,7+,8?,10-/m1/s1. The van der Waals surface area contributed by atoms with Crippen molar-refractivity contribution < 1.29 is 24.9 Å². The fourth-order valence-corrected chi connectivity index (χ4v) is 2.39. The molecule has 2 heterocycles. The Bertz CT molecular complexity index is 656. The molecule has 116 valence electrons. The van der Waals surface area contributed by atoms with Gasteiger partial charge >= 0.3 is 0 Å². The van der Waals surface area contributed by atoms with Crippen molar-refractivity contribution in [3.8, 4) is 0 Å². The molecule has 1 aromatic rings. The van der Waals surface area contributed by atoms with Crippen LogP contribution < -0.4 is 11.3 Å². The summed E-state index contributed by atoms with van der Waals surface area (Å²) in [6.07, 6.45) is -3.77. The van der Waals surface area contributed by atoms with Gasteiger partial charge in [0.2, 0.25) is 5.91 Å². The van der Waals surface area contributed by atoms with Crippen molar-refractivity contribution in [1.82, 2.24) is 9.55 Å². The lowest BCUT2D eigenvalue weighted by Gasteiger charge is -2.19. The van der Waals surface area contributed by atoms with Crippen LogP contribution in [-0.2, 0) is 16.0 Å². The van der Waals surface area contributed by atoms with Gasteiger partial charge in [0.05, 0.1) is 13.0 Å². The largest absolute Gasteiger partial charge is 0.394 e. The van der Waals surface area contributed by atoms with Gasteiger partial charge in [-0.05, 0) is 12.2 Å². The number of aliphatic hydroxyl groups excluding tert-OH is 3. The van der Waals surface area contributed by atoms with E-state index in [9.17, 15) is 19.8 Å². The van der Waals surface area contributed by atoms with Gasteiger partial charge in [-0.15, -0.1) is 0 Å². The summed E-state index contributed by atoms with van der Waals surface area (Å²) in [6, 6.07) is 0. The van der Waals surface area contributed by atoms with Gasteiger partial charge in [-0.2, -0.15) is 0 Å². The van der Waals surface area contributed by atoms with Gasteiger partial charge in [0, 0.05) is 11.8 Å². The van der Waals surface area contributed by atoms with Crippen LogP contribution in [0.5, 0.6) is 0 Å².